The zero-order valence-corrected chi connectivity index (χ0v) is 11.9. The van der Waals surface area contributed by atoms with Gasteiger partial charge in [0.05, 0.1) is 0 Å². The molecule has 0 amide bonds. The molecule has 1 aromatic rings. The van der Waals surface area contributed by atoms with Gasteiger partial charge < -0.3 is 11.1 Å². The van der Waals surface area contributed by atoms with Crippen LogP contribution in [0.4, 0.5) is 4.39 Å². The number of fused-ring (bicyclic) bond motifs is 1. The highest BCUT2D eigenvalue weighted by Crippen LogP contribution is 2.38. The van der Waals surface area contributed by atoms with E-state index in [4.69, 9.17) is 5.73 Å². The van der Waals surface area contributed by atoms with Gasteiger partial charge in [-0.3, -0.25) is 0 Å². The van der Waals surface area contributed by atoms with Crippen LogP contribution in [0.5, 0.6) is 0 Å². The summed E-state index contributed by atoms with van der Waals surface area (Å²) in [6, 6.07) is 6.69. The molecular weight excluding hydrogens is 259 g/mol. The molecule has 0 bridgehead atoms. The third kappa shape index (κ3) is 2.96. The molecule has 0 radical (unpaired) electrons. The number of thioether (sulfide) groups is 1. The Kier molecular flexibility index (Phi) is 4.10. The lowest BCUT2D eigenvalue weighted by molar-refractivity contribution is 0.310. The predicted molar refractivity (Wildman–Crippen MR) is 77.8 cm³/mol. The zero-order chi connectivity index (χ0) is 13.2. The van der Waals surface area contributed by atoms with E-state index >= 15 is 0 Å². The lowest BCUT2D eigenvalue weighted by atomic mass is 9.90. The lowest BCUT2D eigenvalue weighted by Crippen LogP contribution is -2.40. The molecule has 0 spiro atoms. The summed E-state index contributed by atoms with van der Waals surface area (Å²) >= 11 is 1.65. The van der Waals surface area contributed by atoms with Gasteiger partial charge in [0.2, 0.25) is 0 Å². The van der Waals surface area contributed by atoms with Crippen molar-refractivity contribution in [2.75, 3.05) is 5.75 Å². The first kappa shape index (κ1) is 13.4. The van der Waals surface area contributed by atoms with Crippen LogP contribution >= 0.6 is 11.8 Å². The highest BCUT2D eigenvalue weighted by Gasteiger charge is 2.26. The molecule has 3 N–H and O–H groups in total. The molecule has 4 heteroatoms. The summed E-state index contributed by atoms with van der Waals surface area (Å²) in [6.07, 6.45) is 5.60. The first-order chi connectivity index (χ1) is 9.24. The number of halogens is 1. The Balaban J connectivity index is 1.72. The minimum absolute atomic E-state index is 0.0698. The molecule has 1 aromatic carbocycles. The highest BCUT2D eigenvalue weighted by molar-refractivity contribution is 7.99. The topological polar surface area (TPSA) is 38.0 Å². The number of hydrogen-bond donors (Lipinski definition) is 2. The van der Waals surface area contributed by atoms with Crippen LogP contribution in [0.3, 0.4) is 0 Å². The maximum Gasteiger partial charge on any atom is 0.137 e. The van der Waals surface area contributed by atoms with Gasteiger partial charge in [-0.25, -0.2) is 4.39 Å². The fraction of sp³-hybridized carbons (Fsp3) is 0.600. The second kappa shape index (κ2) is 5.81. The molecule has 19 heavy (non-hydrogen) atoms. The Hall–Kier alpha value is -0.580. The summed E-state index contributed by atoms with van der Waals surface area (Å²) < 4.78 is 13.8. The summed E-state index contributed by atoms with van der Waals surface area (Å²) in [5.74, 6) is 0.928. The van der Waals surface area contributed by atoms with Crippen molar-refractivity contribution >= 4 is 11.8 Å². The molecule has 2 aliphatic rings. The average molecular weight is 280 g/mol. The van der Waals surface area contributed by atoms with E-state index in [1.807, 2.05) is 6.07 Å². The highest BCUT2D eigenvalue weighted by atomic mass is 32.2. The Bertz CT molecular complexity index is 444. The van der Waals surface area contributed by atoms with Crippen LogP contribution in [-0.2, 0) is 0 Å². The van der Waals surface area contributed by atoms with Crippen LogP contribution < -0.4 is 11.1 Å². The second-order valence-electron chi connectivity index (χ2n) is 5.63. The molecule has 1 fully saturated rings. The van der Waals surface area contributed by atoms with Crippen LogP contribution in [0.15, 0.2) is 23.1 Å². The summed E-state index contributed by atoms with van der Waals surface area (Å²) in [6.45, 7) is 0. The number of hydrogen-bond acceptors (Lipinski definition) is 3. The van der Waals surface area contributed by atoms with Crippen LogP contribution in [0.25, 0.3) is 0 Å². The molecule has 1 heterocycles. The Morgan fingerprint density at radius 1 is 1.16 bits per heavy atom. The maximum atomic E-state index is 13.8. The Morgan fingerprint density at radius 3 is 2.74 bits per heavy atom. The molecule has 1 aliphatic carbocycles. The van der Waals surface area contributed by atoms with Gasteiger partial charge in [0.1, 0.15) is 5.82 Å². The summed E-state index contributed by atoms with van der Waals surface area (Å²) in [7, 11) is 0. The maximum absolute atomic E-state index is 13.8. The third-order valence-corrected chi connectivity index (χ3v) is 5.39. The van der Waals surface area contributed by atoms with Crippen molar-refractivity contribution in [3.8, 4) is 0 Å². The van der Waals surface area contributed by atoms with Gasteiger partial charge in [-0.05, 0) is 49.5 Å². The summed E-state index contributed by atoms with van der Waals surface area (Å²) in [5, 5.41) is 3.73. The van der Waals surface area contributed by atoms with Gasteiger partial charge in [-0.15, -0.1) is 11.8 Å². The lowest BCUT2D eigenvalue weighted by Gasteiger charge is -2.33. The molecule has 2 nitrogen and oxygen atoms in total. The minimum atomic E-state index is -0.0698. The number of rotatable bonds is 2. The van der Waals surface area contributed by atoms with E-state index in [-0.39, 0.29) is 5.82 Å². The van der Waals surface area contributed by atoms with Crippen molar-refractivity contribution in [2.24, 2.45) is 5.73 Å². The SMILES string of the molecule is NC1CCC(NC2CCSc3c(F)cccc32)CC1. The minimum Gasteiger partial charge on any atom is -0.328 e. The van der Waals surface area contributed by atoms with Crippen molar-refractivity contribution in [3.63, 3.8) is 0 Å². The molecule has 1 atom stereocenters. The third-order valence-electron chi connectivity index (χ3n) is 4.23. The molecule has 1 aliphatic heterocycles. The van der Waals surface area contributed by atoms with Crippen LogP contribution in [0.1, 0.15) is 43.7 Å². The van der Waals surface area contributed by atoms with Crippen LogP contribution in [0, 0.1) is 5.82 Å². The Morgan fingerprint density at radius 2 is 1.95 bits per heavy atom. The van der Waals surface area contributed by atoms with E-state index in [2.05, 4.69) is 11.4 Å². The predicted octanol–water partition coefficient (Wildman–Crippen LogP) is 3.22. The van der Waals surface area contributed by atoms with E-state index in [9.17, 15) is 4.39 Å². The number of benzene rings is 1. The van der Waals surface area contributed by atoms with Crippen LogP contribution in [0.2, 0.25) is 0 Å². The van der Waals surface area contributed by atoms with Crippen molar-refractivity contribution < 1.29 is 4.39 Å². The fourth-order valence-corrected chi connectivity index (χ4v) is 4.27. The van der Waals surface area contributed by atoms with Gasteiger partial charge in [0.15, 0.2) is 0 Å². The smallest absolute Gasteiger partial charge is 0.137 e. The second-order valence-corrected chi connectivity index (χ2v) is 6.73. The molecule has 3 rings (SSSR count). The molecule has 104 valence electrons. The fourth-order valence-electron chi connectivity index (χ4n) is 3.13. The first-order valence-electron chi connectivity index (χ1n) is 7.17. The van der Waals surface area contributed by atoms with Crippen LogP contribution in [-0.4, -0.2) is 17.8 Å². The van der Waals surface area contributed by atoms with Gasteiger partial charge in [-0.2, -0.15) is 0 Å². The summed E-state index contributed by atoms with van der Waals surface area (Å²) in [4.78, 5) is 0.846. The zero-order valence-electron chi connectivity index (χ0n) is 11.1. The van der Waals surface area contributed by atoms with E-state index in [0.717, 1.165) is 48.3 Å². The van der Waals surface area contributed by atoms with Gasteiger partial charge in [0.25, 0.3) is 0 Å². The van der Waals surface area contributed by atoms with Crippen molar-refractivity contribution in [1.82, 2.24) is 5.32 Å². The van der Waals surface area contributed by atoms with E-state index < -0.39 is 0 Å². The van der Waals surface area contributed by atoms with E-state index in [1.165, 1.54) is 0 Å². The molecular formula is C15H21FN2S. The molecule has 0 aromatic heterocycles. The van der Waals surface area contributed by atoms with E-state index in [1.54, 1.807) is 17.8 Å². The summed E-state index contributed by atoms with van der Waals surface area (Å²) in [5.41, 5.74) is 7.09. The number of nitrogens with two attached hydrogens (primary N) is 1. The standard InChI is InChI=1S/C15H21FN2S/c16-13-3-1-2-12-14(8-9-19-15(12)13)18-11-6-4-10(17)5-7-11/h1-3,10-11,14,18H,4-9,17H2. The van der Waals surface area contributed by atoms with Gasteiger partial charge >= 0.3 is 0 Å². The Labute approximate surface area is 118 Å². The monoisotopic (exact) mass is 280 g/mol. The van der Waals surface area contributed by atoms with E-state index in [0.29, 0.717) is 18.1 Å². The van der Waals surface area contributed by atoms with Crippen molar-refractivity contribution in [2.45, 2.75) is 55.1 Å². The molecule has 1 unspecified atom stereocenters. The van der Waals surface area contributed by atoms with Gasteiger partial charge in [0, 0.05) is 23.0 Å². The number of nitrogens with one attached hydrogen (secondary N) is 1. The molecule has 0 saturated heterocycles. The largest absolute Gasteiger partial charge is 0.328 e. The van der Waals surface area contributed by atoms with Crippen molar-refractivity contribution in [1.29, 1.82) is 0 Å². The normalized spacial score (nSPS) is 30.9. The van der Waals surface area contributed by atoms with Crippen molar-refractivity contribution in [3.05, 3.63) is 29.6 Å². The quantitative estimate of drug-likeness (QED) is 0.873. The first-order valence-corrected chi connectivity index (χ1v) is 8.15. The van der Waals surface area contributed by atoms with Gasteiger partial charge in [-0.1, -0.05) is 12.1 Å². The molecule has 1 saturated carbocycles. The average Bonchev–Trinajstić information content (AvgIpc) is 2.43.